The quantitative estimate of drug-likeness (QED) is 0.257. The van der Waals surface area contributed by atoms with Crippen LogP contribution in [0.15, 0.2) is 22.6 Å². The Kier molecular flexibility index (Phi) is 5.56. The highest BCUT2D eigenvalue weighted by molar-refractivity contribution is 5.89. The van der Waals surface area contributed by atoms with E-state index in [-0.39, 0.29) is 17.8 Å². The van der Waals surface area contributed by atoms with Gasteiger partial charge in [-0.15, -0.1) is 0 Å². The second kappa shape index (κ2) is 8.17. The molecule has 0 amide bonds. The molecule has 0 radical (unpaired) electrons. The number of fused-ring (bicyclic) bond motifs is 4. The SMILES string of the molecule is C=C(C(=O)OC)[C@H]1C[C@H](OC(C)=O)C23O[C@@H]2[C@@H](C[C@]2(C)O[C@H]2c2cc(C)c(o2)[C@@H]1OC(C)=O)OC3=O. The van der Waals surface area contributed by atoms with Crippen molar-refractivity contribution in [3.8, 4) is 0 Å². The van der Waals surface area contributed by atoms with Crippen LogP contribution < -0.4 is 0 Å². The van der Waals surface area contributed by atoms with E-state index < -0.39 is 71.5 Å². The zero-order valence-corrected chi connectivity index (χ0v) is 20.7. The van der Waals surface area contributed by atoms with E-state index in [1.54, 1.807) is 13.0 Å². The van der Waals surface area contributed by atoms with Crippen LogP contribution in [0.4, 0.5) is 0 Å². The lowest BCUT2D eigenvalue weighted by molar-refractivity contribution is -0.168. The Morgan fingerprint density at radius 1 is 1.14 bits per heavy atom. The maximum absolute atomic E-state index is 13.1. The molecule has 1 aromatic rings. The molecule has 0 aromatic carbocycles. The van der Waals surface area contributed by atoms with E-state index in [0.717, 1.165) is 0 Å². The molecule has 0 spiro atoms. The number of furan rings is 1. The fourth-order valence-corrected chi connectivity index (χ4v) is 5.57. The fraction of sp³-hybridized carbons (Fsp3) is 0.600. The van der Waals surface area contributed by atoms with E-state index in [9.17, 15) is 19.2 Å². The first-order valence-corrected chi connectivity index (χ1v) is 11.7. The van der Waals surface area contributed by atoms with E-state index in [2.05, 4.69) is 6.58 Å². The third kappa shape index (κ3) is 3.72. The Bertz CT molecular complexity index is 1170. The molecule has 4 aliphatic heterocycles. The van der Waals surface area contributed by atoms with Gasteiger partial charge in [-0.25, -0.2) is 9.59 Å². The zero-order valence-electron chi connectivity index (χ0n) is 20.7. The van der Waals surface area contributed by atoms with E-state index in [0.29, 0.717) is 17.7 Å². The lowest BCUT2D eigenvalue weighted by atomic mass is 9.81. The van der Waals surface area contributed by atoms with Gasteiger partial charge in [-0.2, -0.15) is 0 Å². The average Bonchev–Trinajstić information content (AvgIpc) is 3.63. The van der Waals surface area contributed by atoms with Crippen molar-refractivity contribution in [1.82, 2.24) is 0 Å². The first-order chi connectivity index (χ1) is 16.9. The highest BCUT2D eigenvalue weighted by Gasteiger charge is 2.79. The Hall–Kier alpha value is -3.18. The number of hydrogen-bond acceptors (Lipinski definition) is 11. The zero-order chi connectivity index (χ0) is 26.2. The van der Waals surface area contributed by atoms with E-state index in [1.807, 2.05) is 6.92 Å². The molecule has 5 heterocycles. The molecule has 0 aliphatic carbocycles. The second-order valence-corrected chi connectivity index (χ2v) is 9.97. The van der Waals surface area contributed by atoms with E-state index in [1.165, 1.54) is 21.0 Å². The number of aryl methyl sites for hydroxylation is 1. The van der Waals surface area contributed by atoms with Gasteiger partial charge in [0.1, 0.15) is 41.5 Å². The Morgan fingerprint density at radius 3 is 2.44 bits per heavy atom. The van der Waals surface area contributed by atoms with Crippen molar-refractivity contribution in [2.45, 2.75) is 82.3 Å². The van der Waals surface area contributed by atoms with Gasteiger partial charge in [0.05, 0.1) is 7.11 Å². The lowest BCUT2D eigenvalue weighted by Crippen LogP contribution is -2.43. The predicted octanol–water partition coefficient (Wildman–Crippen LogP) is 2.16. The normalized spacial score (nSPS) is 38.1. The summed E-state index contributed by atoms with van der Waals surface area (Å²) in [5.74, 6) is -2.93. The number of hydrogen-bond donors (Lipinski definition) is 0. The molecular weight excluding hydrogens is 476 g/mol. The minimum atomic E-state index is -1.55. The van der Waals surface area contributed by atoms with Crippen LogP contribution in [0.2, 0.25) is 0 Å². The highest BCUT2D eigenvalue weighted by Crippen LogP contribution is 2.60. The van der Waals surface area contributed by atoms with Crippen LogP contribution in [0.25, 0.3) is 0 Å². The Morgan fingerprint density at radius 2 is 1.83 bits per heavy atom. The van der Waals surface area contributed by atoms with Gasteiger partial charge in [0.15, 0.2) is 6.10 Å². The molecular formula is C25H28O11. The smallest absolute Gasteiger partial charge is 0.345 e. The van der Waals surface area contributed by atoms with Gasteiger partial charge in [0.2, 0.25) is 5.60 Å². The van der Waals surface area contributed by atoms with Crippen LogP contribution in [0, 0.1) is 12.8 Å². The van der Waals surface area contributed by atoms with Crippen molar-refractivity contribution in [2.75, 3.05) is 7.11 Å². The maximum Gasteiger partial charge on any atom is 0.345 e. The number of ether oxygens (including phenoxy) is 6. The summed E-state index contributed by atoms with van der Waals surface area (Å²) >= 11 is 0. The van der Waals surface area contributed by atoms with Crippen LogP contribution in [0.1, 0.15) is 62.9 Å². The van der Waals surface area contributed by atoms with E-state index in [4.69, 9.17) is 32.8 Å². The number of epoxide rings is 2. The summed E-state index contributed by atoms with van der Waals surface area (Å²) in [5.41, 5.74) is -1.64. The number of methoxy groups -OCH3 is 1. The highest BCUT2D eigenvalue weighted by atomic mass is 16.7. The molecule has 194 valence electrons. The summed E-state index contributed by atoms with van der Waals surface area (Å²) in [6.45, 7) is 9.96. The standard InChI is InChI=1S/C25H28O11/c1-10-7-15-20-24(5,35-20)9-16-21-25(36-21,23(29)34-16)17(31-12(3)26)8-14(11(2)22(28)30-6)19(18(10)33-15)32-13(4)27/h7,14,16-17,19-21H,2,8-9H2,1,3-6H3/t14-,16-,17+,19-,20+,21-,24+,25?/m1/s1. The number of carbonyl (C=O) groups is 4. The van der Waals surface area contributed by atoms with Crippen LogP contribution in [-0.4, -0.2) is 60.5 Å². The summed E-state index contributed by atoms with van der Waals surface area (Å²) in [6, 6.07) is 1.79. The third-order valence-corrected chi connectivity index (χ3v) is 7.39. The van der Waals surface area contributed by atoms with Crippen LogP contribution in [0.3, 0.4) is 0 Å². The van der Waals surface area contributed by atoms with Crippen molar-refractivity contribution < 1.29 is 52.0 Å². The summed E-state index contributed by atoms with van der Waals surface area (Å²) < 4.78 is 39.8. The first-order valence-electron chi connectivity index (χ1n) is 11.7. The molecule has 36 heavy (non-hydrogen) atoms. The molecule has 4 aliphatic rings. The topological polar surface area (TPSA) is 143 Å². The molecule has 1 unspecified atom stereocenters. The maximum atomic E-state index is 13.1. The van der Waals surface area contributed by atoms with E-state index >= 15 is 0 Å². The molecule has 3 saturated heterocycles. The van der Waals surface area contributed by atoms with Crippen LogP contribution in [-0.2, 0) is 47.6 Å². The van der Waals surface area contributed by atoms with Gasteiger partial charge in [0.25, 0.3) is 0 Å². The summed E-state index contributed by atoms with van der Waals surface area (Å²) in [4.78, 5) is 50.0. The van der Waals surface area contributed by atoms with Gasteiger partial charge in [0, 0.05) is 31.8 Å². The average molecular weight is 504 g/mol. The molecule has 0 saturated carbocycles. The summed E-state index contributed by atoms with van der Waals surface area (Å²) in [6.07, 6.45) is -3.87. The summed E-state index contributed by atoms with van der Waals surface area (Å²) in [5, 5.41) is 0. The van der Waals surface area contributed by atoms with Crippen LogP contribution >= 0.6 is 0 Å². The van der Waals surface area contributed by atoms with Gasteiger partial charge in [-0.1, -0.05) is 6.58 Å². The van der Waals surface area contributed by atoms with Crippen molar-refractivity contribution in [2.24, 2.45) is 5.92 Å². The lowest BCUT2D eigenvalue weighted by Gasteiger charge is -2.30. The molecule has 4 bridgehead atoms. The van der Waals surface area contributed by atoms with Crippen LogP contribution in [0.5, 0.6) is 0 Å². The number of carbonyl (C=O) groups excluding carboxylic acids is 4. The number of esters is 4. The Labute approximate surface area is 207 Å². The molecule has 3 fully saturated rings. The van der Waals surface area contributed by atoms with Crippen molar-refractivity contribution in [3.05, 3.63) is 35.3 Å². The molecule has 0 N–H and O–H groups in total. The minimum absolute atomic E-state index is 0.0582. The summed E-state index contributed by atoms with van der Waals surface area (Å²) in [7, 11) is 1.19. The molecule has 11 heteroatoms. The fourth-order valence-electron chi connectivity index (χ4n) is 5.57. The molecule has 8 atom stereocenters. The Balaban J connectivity index is 1.66. The first kappa shape index (κ1) is 24.5. The van der Waals surface area contributed by atoms with Gasteiger partial charge >= 0.3 is 23.9 Å². The van der Waals surface area contributed by atoms with Crippen molar-refractivity contribution >= 4 is 23.9 Å². The van der Waals surface area contributed by atoms with Gasteiger partial charge in [-0.3, -0.25) is 9.59 Å². The second-order valence-electron chi connectivity index (χ2n) is 9.97. The monoisotopic (exact) mass is 504 g/mol. The predicted molar refractivity (Wildman–Crippen MR) is 117 cm³/mol. The van der Waals surface area contributed by atoms with Crippen molar-refractivity contribution in [3.63, 3.8) is 0 Å². The largest absolute Gasteiger partial charge is 0.466 e. The molecule has 5 rings (SSSR count). The minimum Gasteiger partial charge on any atom is -0.466 e. The van der Waals surface area contributed by atoms with Gasteiger partial charge in [-0.05, 0) is 31.9 Å². The molecule has 1 aromatic heterocycles. The third-order valence-electron chi connectivity index (χ3n) is 7.39. The number of rotatable bonds is 4. The molecule has 11 nitrogen and oxygen atoms in total. The van der Waals surface area contributed by atoms with Crippen molar-refractivity contribution in [1.29, 1.82) is 0 Å². The van der Waals surface area contributed by atoms with Gasteiger partial charge < -0.3 is 32.8 Å².